The molecule has 0 saturated heterocycles. The normalized spacial score (nSPS) is 14.9. The molecule has 2 unspecified atom stereocenters. The third kappa shape index (κ3) is 4.05. The van der Waals surface area contributed by atoms with Gasteiger partial charge in [-0.2, -0.15) is 0 Å². The second-order valence-corrected chi connectivity index (χ2v) is 4.30. The van der Waals surface area contributed by atoms with Crippen molar-refractivity contribution >= 4 is 0 Å². The van der Waals surface area contributed by atoms with Crippen LogP contribution in [0.1, 0.15) is 45.1 Å². The van der Waals surface area contributed by atoms with Gasteiger partial charge in [-0.1, -0.05) is 50.6 Å². The summed E-state index contributed by atoms with van der Waals surface area (Å²) in [6.45, 7) is 7.92. The lowest BCUT2D eigenvalue weighted by Gasteiger charge is -2.21. The Kier molecular flexibility index (Phi) is 5.41. The fourth-order valence-corrected chi connectivity index (χ4v) is 1.73. The Morgan fingerprint density at radius 3 is 2.40 bits per heavy atom. The van der Waals surface area contributed by atoms with E-state index in [0.29, 0.717) is 12.0 Å². The fraction of sp³-hybridized carbons (Fsp3) is 0.571. The van der Waals surface area contributed by atoms with Crippen molar-refractivity contribution < 1.29 is 0 Å². The molecule has 0 aliphatic rings. The number of rotatable bonds is 6. The smallest absolute Gasteiger partial charge is 0.0105 e. The van der Waals surface area contributed by atoms with Gasteiger partial charge in [-0.25, -0.2) is 0 Å². The molecule has 0 spiro atoms. The zero-order valence-electron chi connectivity index (χ0n) is 10.2. The van der Waals surface area contributed by atoms with E-state index in [4.69, 9.17) is 0 Å². The zero-order chi connectivity index (χ0) is 11.1. The number of unbranched alkanes of at least 4 members (excludes halogenated alkanes) is 1. The number of benzene rings is 1. The van der Waals surface area contributed by atoms with Gasteiger partial charge in [0.25, 0.3) is 0 Å². The Morgan fingerprint density at radius 1 is 1.13 bits per heavy atom. The average Bonchev–Trinajstić information content (AvgIpc) is 2.29. The van der Waals surface area contributed by atoms with Gasteiger partial charge in [0.2, 0.25) is 0 Å². The Hall–Kier alpha value is -0.820. The van der Waals surface area contributed by atoms with Gasteiger partial charge in [-0.15, -0.1) is 0 Å². The molecule has 0 bridgehead atoms. The molecule has 0 aliphatic carbocycles. The van der Waals surface area contributed by atoms with E-state index in [-0.39, 0.29) is 0 Å². The first kappa shape index (κ1) is 12.3. The molecule has 0 saturated carbocycles. The van der Waals surface area contributed by atoms with Gasteiger partial charge < -0.3 is 5.32 Å². The van der Waals surface area contributed by atoms with E-state index in [1.807, 2.05) is 0 Å². The molecule has 1 rings (SSSR count). The van der Waals surface area contributed by atoms with Gasteiger partial charge in [0.1, 0.15) is 0 Å². The van der Waals surface area contributed by atoms with Gasteiger partial charge in [0, 0.05) is 6.04 Å². The lowest BCUT2D eigenvalue weighted by Crippen LogP contribution is -2.31. The number of nitrogens with one attached hydrogen (secondary N) is 1. The lowest BCUT2D eigenvalue weighted by atomic mass is 9.94. The highest BCUT2D eigenvalue weighted by molar-refractivity contribution is 5.20. The highest BCUT2D eigenvalue weighted by atomic mass is 14.9. The summed E-state index contributed by atoms with van der Waals surface area (Å²) in [6, 6.07) is 11.3. The molecule has 0 fully saturated rings. The molecular weight excluding hydrogens is 182 g/mol. The maximum atomic E-state index is 3.58. The van der Waals surface area contributed by atoms with Crippen molar-refractivity contribution in [3.05, 3.63) is 35.9 Å². The minimum atomic E-state index is 0.555. The van der Waals surface area contributed by atoms with Crippen molar-refractivity contribution in [1.82, 2.24) is 5.32 Å². The molecule has 1 nitrogen and oxygen atoms in total. The molecule has 84 valence electrons. The summed E-state index contributed by atoms with van der Waals surface area (Å²) in [6.07, 6.45) is 2.53. The van der Waals surface area contributed by atoms with Gasteiger partial charge in [-0.05, 0) is 31.4 Å². The van der Waals surface area contributed by atoms with Crippen LogP contribution in [0.4, 0.5) is 0 Å². The zero-order valence-corrected chi connectivity index (χ0v) is 10.2. The molecule has 1 aromatic rings. The summed E-state index contributed by atoms with van der Waals surface area (Å²) in [4.78, 5) is 0. The van der Waals surface area contributed by atoms with E-state index in [9.17, 15) is 0 Å². The summed E-state index contributed by atoms with van der Waals surface area (Å²) in [5, 5.41) is 3.58. The average molecular weight is 205 g/mol. The molecule has 2 atom stereocenters. The van der Waals surface area contributed by atoms with Crippen LogP contribution >= 0.6 is 0 Å². The van der Waals surface area contributed by atoms with E-state index >= 15 is 0 Å². The number of hydrogen-bond acceptors (Lipinski definition) is 1. The third-order valence-electron chi connectivity index (χ3n) is 3.07. The van der Waals surface area contributed by atoms with Crippen molar-refractivity contribution in [2.75, 3.05) is 6.54 Å². The Morgan fingerprint density at radius 2 is 1.80 bits per heavy atom. The van der Waals surface area contributed by atoms with Crippen LogP contribution in [0.5, 0.6) is 0 Å². The van der Waals surface area contributed by atoms with Crippen molar-refractivity contribution in [2.24, 2.45) is 0 Å². The summed E-state index contributed by atoms with van der Waals surface area (Å²) >= 11 is 0. The van der Waals surface area contributed by atoms with E-state index in [0.717, 1.165) is 6.54 Å². The second kappa shape index (κ2) is 6.62. The molecule has 15 heavy (non-hydrogen) atoms. The van der Waals surface area contributed by atoms with Crippen LogP contribution in [0, 0.1) is 0 Å². The number of hydrogen-bond donors (Lipinski definition) is 1. The van der Waals surface area contributed by atoms with Crippen LogP contribution in [0.15, 0.2) is 30.3 Å². The van der Waals surface area contributed by atoms with Gasteiger partial charge in [0.15, 0.2) is 0 Å². The lowest BCUT2D eigenvalue weighted by molar-refractivity contribution is 0.474. The summed E-state index contributed by atoms with van der Waals surface area (Å²) < 4.78 is 0. The van der Waals surface area contributed by atoms with Crippen LogP contribution in [0.2, 0.25) is 0 Å². The topological polar surface area (TPSA) is 12.0 Å². The molecule has 0 aliphatic heterocycles. The fourth-order valence-electron chi connectivity index (χ4n) is 1.73. The maximum absolute atomic E-state index is 3.58. The monoisotopic (exact) mass is 205 g/mol. The standard InChI is InChI=1S/C14H23N/c1-4-5-11-15-13(3)12(2)14-9-7-6-8-10-14/h6-10,12-13,15H,4-5,11H2,1-3H3. The Labute approximate surface area is 93.9 Å². The Balaban J connectivity index is 2.42. The molecule has 1 heteroatoms. The van der Waals surface area contributed by atoms with Crippen LogP contribution in [-0.2, 0) is 0 Å². The molecule has 0 heterocycles. The van der Waals surface area contributed by atoms with E-state index < -0.39 is 0 Å². The first-order valence-electron chi connectivity index (χ1n) is 6.04. The van der Waals surface area contributed by atoms with Crippen LogP contribution in [0.3, 0.4) is 0 Å². The highest BCUT2D eigenvalue weighted by Gasteiger charge is 2.12. The quantitative estimate of drug-likeness (QED) is 0.700. The van der Waals surface area contributed by atoms with Crippen LogP contribution in [-0.4, -0.2) is 12.6 Å². The SMILES string of the molecule is CCCCNC(C)C(C)c1ccccc1. The maximum Gasteiger partial charge on any atom is 0.0105 e. The minimum Gasteiger partial charge on any atom is -0.314 e. The summed E-state index contributed by atoms with van der Waals surface area (Å²) in [7, 11) is 0. The molecule has 1 aromatic carbocycles. The Bertz CT molecular complexity index is 255. The highest BCUT2D eigenvalue weighted by Crippen LogP contribution is 2.18. The second-order valence-electron chi connectivity index (χ2n) is 4.30. The van der Waals surface area contributed by atoms with E-state index in [2.05, 4.69) is 56.4 Å². The van der Waals surface area contributed by atoms with Crippen molar-refractivity contribution in [1.29, 1.82) is 0 Å². The molecule has 1 N–H and O–H groups in total. The molecule has 0 radical (unpaired) electrons. The molecular formula is C14H23N. The molecule has 0 aromatic heterocycles. The predicted octanol–water partition coefficient (Wildman–Crippen LogP) is 3.57. The van der Waals surface area contributed by atoms with Gasteiger partial charge >= 0.3 is 0 Å². The molecule has 0 amide bonds. The third-order valence-corrected chi connectivity index (χ3v) is 3.07. The van der Waals surface area contributed by atoms with Crippen LogP contribution < -0.4 is 5.32 Å². The van der Waals surface area contributed by atoms with Gasteiger partial charge in [-0.3, -0.25) is 0 Å². The summed E-state index contributed by atoms with van der Waals surface area (Å²) in [5.74, 6) is 0.586. The van der Waals surface area contributed by atoms with Crippen molar-refractivity contribution in [2.45, 2.75) is 45.6 Å². The van der Waals surface area contributed by atoms with E-state index in [1.165, 1.54) is 18.4 Å². The van der Waals surface area contributed by atoms with E-state index in [1.54, 1.807) is 0 Å². The first-order valence-corrected chi connectivity index (χ1v) is 6.04. The van der Waals surface area contributed by atoms with Gasteiger partial charge in [0.05, 0.1) is 0 Å². The minimum absolute atomic E-state index is 0.555. The summed E-state index contributed by atoms with van der Waals surface area (Å²) in [5.41, 5.74) is 1.42. The van der Waals surface area contributed by atoms with Crippen molar-refractivity contribution in [3.8, 4) is 0 Å². The van der Waals surface area contributed by atoms with Crippen LogP contribution in [0.25, 0.3) is 0 Å². The predicted molar refractivity (Wildman–Crippen MR) is 67.2 cm³/mol. The first-order chi connectivity index (χ1) is 7.25. The largest absolute Gasteiger partial charge is 0.314 e. The van der Waals surface area contributed by atoms with Crippen molar-refractivity contribution in [3.63, 3.8) is 0 Å².